The zero-order chi connectivity index (χ0) is 14.1. The number of aromatic nitrogens is 1. The van der Waals surface area contributed by atoms with E-state index in [-0.39, 0.29) is 30.3 Å². The van der Waals surface area contributed by atoms with Crippen molar-refractivity contribution in [1.82, 2.24) is 9.71 Å². The first-order valence-electron chi connectivity index (χ1n) is 5.63. The zero-order valence-electron chi connectivity index (χ0n) is 10.2. The second-order valence-electron chi connectivity index (χ2n) is 4.30. The molecule has 1 aromatic rings. The van der Waals surface area contributed by atoms with Crippen molar-refractivity contribution in [2.45, 2.75) is 29.5 Å². The predicted molar refractivity (Wildman–Crippen MR) is 67.6 cm³/mol. The molecule has 2 rings (SSSR count). The van der Waals surface area contributed by atoms with Crippen LogP contribution in [-0.4, -0.2) is 43.2 Å². The van der Waals surface area contributed by atoms with Gasteiger partial charge in [0.05, 0.1) is 11.2 Å². The topological polar surface area (TPSA) is 106 Å². The van der Waals surface area contributed by atoms with Crippen molar-refractivity contribution in [1.29, 1.82) is 0 Å². The van der Waals surface area contributed by atoms with Gasteiger partial charge in [-0.25, -0.2) is 13.4 Å². The van der Waals surface area contributed by atoms with E-state index in [4.69, 9.17) is 4.74 Å². The van der Waals surface area contributed by atoms with Crippen LogP contribution in [-0.2, 0) is 19.6 Å². The Bertz CT molecular complexity index is 574. The number of nitrogens with zero attached hydrogens (tertiary/aromatic N) is 1. The van der Waals surface area contributed by atoms with Crippen LogP contribution in [0.5, 0.6) is 0 Å². The number of hydrogen-bond acceptors (Lipinski definition) is 6. The Kier molecular flexibility index (Phi) is 3.90. The Morgan fingerprint density at radius 1 is 1.53 bits per heavy atom. The highest BCUT2D eigenvalue weighted by atomic mass is 32.2. The quantitative estimate of drug-likeness (QED) is 0.832. The largest absolute Gasteiger partial charge is 0.480 e. The van der Waals surface area contributed by atoms with E-state index < -0.39 is 21.5 Å². The molecule has 0 aromatic carbocycles. The lowest BCUT2D eigenvalue weighted by Crippen LogP contribution is -2.57. The number of sulfonamides is 1. The number of carboxylic acid groups (broad SMARTS) is 1. The minimum Gasteiger partial charge on any atom is -0.480 e. The van der Waals surface area contributed by atoms with Crippen molar-refractivity contribution in [3.63, 3.8) is 0 Å². The van der Waals surface area contributed by atoms with Gasteiger partial charge in [0.2, 0.25) is 0 Å². The summed E-state index contributed by atoms with van der Waals surface area (Å²) in [5.41, 5.74) is -1.49. The standard InChI is InChI=1S/C10H14N2O5S2/c1-7-11-6-8(18-7)19(15,16)12-10(9(13)14)2-4-17-5-3-10/h6,12H,2-5H2,1H3,(H,13,14). The van der Waals surface area contributed by atoms with Crippen molar-refractivity contribution in [3.05, 3.63) is 11.2 Å². The summed E-state index contributed by atoms with van der Waals surface area (Å²) in [6.45, 7) is 2.12. The maximum absolute atomic E-state index is 12.2. The molecule has 1 fully saturated rings. The van der Waals surface area contributed by atoms with Crippen LogP contribution in [0.25, 0.3) is 0 Å². The molecule has 1 aliphatic heterocycles. The first-order chi connectivity index (χ1) is 8.86. The lowest BCUT2D eigenvalue weighted by molar-refractivity contribution is -0.147. The second-order valence-corrected chi connectivity index (χ2v) is 7.45. The summed E-state index contributed by atoms with van der Waals surface area (Å²) in [4.78, 5) is 15.3. The highest BCUT2D eigenvalue weighted by molar-refractivity contribution is 7.91. The number of hydrogen-bond donors (Lipinski definition) is 2. The monoisotopic (exact) mass is 306 g/mol. The van der Waals surface area contributed by atoms with E-state index in [1.807, 2.05) is 0 Å². The van der Waals surface area contributed by atoms with Crippen molar-refractivity contribution >= 4 is 27.3 Å². The molecule has 7 nitrogen and oxygen atoms in total. The van der Waals surface area contributed by atoms with Gasteiger partial charge in [0.1, 0.15) is 5.54 Å². The molecule has 0 unspecified atom stereocenters. The van der Waals surface area contributed by atoms with Crippen LogP contribution in [0.15, 0.2) is 10.4 Å². The molecule has 0 radical (unpaired) electrons. The Morgan fingerprint density at radius 3 is 2.63 bits per heavy atom. The third-order valence-electron chi connectivity index (χ3n) is 2.95. The number of carbonyl (C=O) groups is 1. The molecule has 19 heavy (non-hydrogen) atoms. The average Bonchev–Trinajstić information content (AvgIpc) is 2.77. The summed E-state index contributed by atoms with van der Waals surface area (Å²) in [7, 11) is -3.87. The molecule has 0 amide bonds. The lowest BCUT2D eigenvalue weighted by Gasteiger charge is -2.33. The lowest BCUT2D eigenvalue weighted by atomic mass is 9.92. The van der Waals surface area contributed by atoms with Gasteiger partial charge in [0.15, 0.2) is 4.21 Å². The Morgan fingerprint density at radius 2 is 2.16 bits per heavy atom. The number of aryl methyl sites for hydroxylation is 1. The fourth-order valence-electron chi connectivity index (χ4n) is 1.85. The number of ether oxygens (including phenoxy) is 1. The van der Waals surface area contributed by atoms with E-state index in [2.05, 4.69) is 9.71 Å². The molecule has 106 valence electrons. The molecule has 1 aliphatic rings. The van der Waals surface area contributed by atoms with Crippen molar-refractivity contribution < 1.29 is 23.1 Å². The molecule has 0 spiro atoms. The fourth-order valence-corrected chi connectivity index (χ4v) is 4.38. The van der Waals surface area contributed by atoms with E-state index in [0.29, 0.717) is 5.01 Å². The minimum absolute atomic E-state index is 0.0251. The van der Waals surface area contributed by atoms with Crippen LogP contribution in [0.3, 0.4) is 0 Å². The highest BCUT2D eigenvalue weighted by Crippen LogP contribution is 2.26. The average molecular weight is 306 g/mol. The van der Waals surface area contributed by atoms with Crippen LogP contribution >= 0.6 is 11.3 Å². The normalized spacial score (nSPS) is 19.2. The first-order valence-corrected chi connectivity index (χ1v) is 7.93. The van der Waals surface area contributed by atoms with Crippen molar-refractivity contribution in [2.75, 3.05) is 13.2 Å². The number of rotatable bonds is 4. The minimum atomic E-state index is -3.87. The summed E-state index contributed by atoms with van der Waals surface area (Å²) >= 11 is 1.01. The molecule has 0 atom stereocenters. The van der Waals surface area contributed by atoms with Crippen LogP contribution in [0.1, 0.15) is 17.8 Å². The summed E-state index contributed by atoms with van der Waals surface area (Å²) in [6.07, 6.45) is 1.45. The first kappa shape index (κ1) is 14.4. The molecule has 2 heterocycles. The summed E-state index contributed by atoms with van der Waals surface area (Å²) in [5, 5.41) is 9.92. The van der Waals surface area contributed by atoms with Gasteiger partial charge in [-0.15, -0.1) is 11.3 Å². The van der Waals surface area contributed by atoms with E-state index in [9.17, 15) is 18.3 Å². The molecular weight excluding hydrogens is 292 g/mol. The van der Waals surface area contributed by atoms with Crippen LogP contribution in [0.4, 0.5) is 0 Å². The van der Waals surface area contributed by atoms with E-state index >= 15 is 0 Å². The van der Waals surface area contributed by atoms with Gasteiger partial charge in [0.25, 0.3) is 10.0 Å². The SMILES string of the molecule is Cc1ncc(S(=O)(=O)NC2(C(=O)O)CCOCC2)s1. The maximum atomic E-state index is 12.2. The van der Waals surface area contributed by atoms with Gasteiger partial charge in [-0.3, -0.25) is 4.79 Å². The van der Waals surface area contributed by atoms with Gasteiger partial charge in [0, 0.05) is 26.1 Å². The number of carboxylic acids is 1. The van der Waals surface area contributed by atoms with Gasteiger partial charge < -0.3 is 9.84 Å². The van der Waals surface area contributed by atoms with E-state index in [1.165, 1.54) is 6.20 Å². The third kappa shape index (κ3) is 2.94. The zero-order valence-corrected chi connectivity index (χ0v) is 11.9. The Labute approximate surface area is 114 Å². The van der Waals surface area contributed by atoms with E-state index in [1.54, 1.807) is 6.92 Å². The third-order valence-corrected chi connectivity index (χ3v) is 5.86. The smallest absolute Gasteiger partial charge is 0.325 e. The summed E-state index contributed by atoms with van der Waals surface area (Å²) in [5.74, 6) is -1.18. The molecule has 0 saturated carbocycles. The molecule has 1 saturated heterocycles. The van der Waals surface area contributed by atoms with Gasteiger partial charge in [-0.05, 0) is 6.92 Å². The molecule has 1 aromatic heterocycles. The van der Waals surface area contributed by atoms with Gasteiger partial charge in [-0.1, -0.05) is 0 Å². The van der Waals surface area contributed by atoms with Crippen molar-refractivity contribution in [3.8, 4) is 0 Å². The predicted octanol–water partition coefficient (Wildman–Crippen LogP) is 0.364. The Balaban J connectivity index is 2.29. The van der Waals surface area contributed by atoms with E-state index in [0.717, 1.165) is 11.3 Å². The Hall–Kier alpha value is -1.03. The molecule has 9 heteroatoms. The summed E-state index contributed by atoms with van der Waals surface area (Å²) < 4.78 is 31.8. The number of nitrogens with one attached hydrogen (secondary N) is 1. The maximum Gasteiger partial charge on any atom is 0.325 e. The summed E-state index contributed by atoms with van der Waals surface area (Å²) in [6, 6.07) is 0. The molecule has 0 bridgehead atoms. The van der Waals surface area contributed by atoms with Crippen molar-refractivity contribution in [2.24, 2.45) is 0 Å². The number of aliphatic carboxylic acids is 1. The van der Waals surface area contributed by atoms with Gasteiger partial charge >= 0.3 is 5.97 Å². The molecule has 0 aliphatic carbocycles. The van der Waals surface area contributed by atoms with Crippen LogP contribution in [0, 0.1) is 6.92 Å². The van der Waals surface area contributed by atoms with Crippen LogP contribution in [0.2, 0.25) is 0 Å². The number of thiazole rings is 1. The highest BCUT2D eigenvalue weighted by Gasteiger charge is 2.44. The van der Waals surface area contributed by atoms with Crippen LogP contribution < -0.4 is 4.72 Å². The second kappa shape index (κ2) is 5.16. The molecular formula is C10H14N2O5S2. The van der Waals surface area contributed by atoms with Gasteiger partial charge in [-0.2, -0.15) is 4.72 Å². The fraction of sp³-hybridized carbons (Fsp3) is 0.600. The molecule has 2 N–H and O–H groups in total.